The Morgan fingerprint density at radius 1 is 1.22 bits per heavy atom. The lowest BCUT2D eigenvalue weighted by Crippen LogP contribution is -2.32. The number of nitrogen functional groups attached to an aromatic ring is 1. The first-order valence-corrected chi connectivity index (χ1v) is 7.93. The van der Waals surface area contributed by atoms with Crippen molar-refractivity contribution in [2.75, 3.05) is 18.0 Å². The SMILES string of the molecule is CCCCS(=O)(=O)N(CC)Cc1ccccc1N. The molecule has 1 aromatic rings. The zero-order valence-corrected chi connectivity index (χ0v) is 11.9. The van der Waals surface area contributed by atoms with Gasteiger partial charge in [0.05, 0.1) is 5.75 Å². The van der Waals surface area contributed by atoms with Gasteiger partial charge in [0.2, 0.25) is 10.0 Å². The summed E-state index contributed by atoms with van der Waals surface area (Å²) in [5, 5.41) is 0. The van der Waals surface area contributed by atoms with Gasteiger partial charge in [0.25, 0.3) is 0 Å². The summed E-state index contributed by atoms with van der Waals surface area (Å²) in [6.45, 7) is 4.67. The molecule has 0 unspecified atom stereocenters. The number of unbranched alkanes of at least 4 members (excludes halogenated alkanes) is 1. The third-order valence-electron chi connectivity index (χ3n) is 2.90. The largest absolute Gasteiger partial charge is 0.398 e. The Hall–Kier alpha value is -1.07. The van der Waals surface area contributed by atoms with Gasteiger partial charge in [0, 0.05) is 18.8 Å². The van der Waals surface area contributed by atoms with E-state index in [2.05, 4.69) is 0 Å². The Labute approximate surface area is 110 Å². The average molecular weight is 270 g/mol. The highest BCUT2D eigenvalue weighted by Crippen LogP contribution is 2.16. The summed E-state index contributed by atoms with van der Waals surface area (Å²) in [7, 11) is -3.17. The maximum atomic E-state index is 12.1. The molecule has 0 bridgehead atoms. The van der Waals surface area contributed by atoms with Gasteiger partial charge in [-0.25, -0.2) is 8.42 Å². The topological polar surface area (TPSA) is 63.4 Å². The van der Waals surface area contributed by atoms with Crippen LogP contribution in [0.2, 0.25) is 0 Å². The van der Waals surface area contributed by atoms with Gasteiger partial charge in [-0.3, -0.25) is 0 Å². The van der Waals surface area contributed by atoms with Crippen molar-refractivity contribution in [3.63, 3.8) is 0 Å². The predicted molar refractivity (Wildman–Crippen MR) is 75.6 cm³/mol. The lowest BCUT2D eigenvalue weighted by atomic mass is 10.2. The van der Waals surface area contributed by atoms with Crippen LogP contribution < -0.4 is 5.73 Å². The molecule has 4 nitrogen and oxygen atoms in total. The Kier molecular flexibility index (Phi) is 5.62. The summed E-state index contributed by atoms with van der Waals surface area (Å²) in [6.07, 6.45) is 1.58. The number of anilines is 1. The van der Waals surface area contributed by atoms with E-state index >= 15 is 0 Å². The second-order valence-electron chi connectivity index (χ2n) is 4.29. The van der Waals surface area contributed by atoms with Gasteiger partial charge >= 0.3 is 0 Å². The van der Waals surface area contributed by atoms with Crippen molar-refractivity contribution in [2.24, 2.45) is 0 Å². The van der Waals surface area contributed by atoms with Crippen LogP contribution in [0.5, 0.6) is 0 Å². The second-order valence-corrected chi connectivity index (χ2v) is 6.38. The molecule has 2 N–H and O–H groups in total. The van der Waals surface area contributed by atoms with Gasteiger partial charge in [-0.2, -0.15) is 4.31 Å². The lowest BCUT2D eigenvalue weighted by molar-refractivity contribution is 0.423. The monoisotopic (exact) mass is 270 g/mol. The van der Waals surface area contributed by atoms with Crippen LogP contribution in [0.3, 0.4) is 0 Å². The van der Waals surface area contributed by atoms with Crippen LogP contribution in [0.4, 0.5) is 5.69 Å². The fourth-order valence-electron chi connectivity index (χ4n) is 1.73. The van der Waals surface area contributed by atoms with Crippen molar-refractivity contribution < 1.29 is 8.42 Å². The fraction of sp³-hybridized carbons (Fsp3) is 0.538. The van der Waals surface area contributed by atoms with Gasteiger partial charge in [0.1, 0.15) is 0 Å². The number of para-hydroxylation sites is 1. The molecule has 5 heteroatoms. The smallest absolute Gasteiger partial charge is 0.214 e. The molecule has 1 aromatic carbocycles. The Balaban J connectivity index is 2.82. The Bertz CT molecular complexity index is 472. The van der Waals surface area contributed by atoms with E-state index in [-0.39, 0.29) is 5.75 Å². The summed E-state index contributed by atoms with van der Waals surface area (Å²) in [4.78, 5) is 0. The molecule has 0 aliphatic carbocycles. The summed E-state index contributed by atoms with van der Waals surface area (Å²) in [5.41, 5.74) is 7.35. The highest BCUT2D eigenvalue weighted by atomic mass is 32.2. The molecule has 102 valence electrons. The van der Waals surface area contributed by atoms with E-state index in [1.54, 1.807) is 6.07 Å². The zero-order chi connectivity index (χ0) is 13.6. The number of nitrogens with zero attached hydrogens (tertiary/aromatic N) is 1. The van der Waals surface area contributed by atoms with Crippen molar-refractivity contribution in [3.05, 3.63) is 29.8 Å². The van der Waals surface area contributed by atoms with Gasteiger partial charge in [-0.1, -0.05) is 38.5 Å². The minimum atomic E-state index is -3.17. The van der Waals surface area contributed by atoms with Crippen molar-refractivity contribution in [1.29, 1.82) is 0 Å². The van der Waals surface area contributed by atoms with Gasteiger partial charge in [-0.15, -0.1) is 0 Å². The van der Waals surface area contributed by atoms with E-state index in [1.807, 2.05) is 32.0 Å². The molecule has 0 saturated carbocycles. The lowest BCUT2D eigenvalue weighted by Gasteiger charge is -2.21. The van der Waals surface area contributed by atoms with Crippen LogP contribution in [-0.4, -0.2) is 25.0 Å². The maximum absolute atomic E-state index is 12.1. The van der Waals surface area contributed by atoms with Crippen LogP contribution >= 0.6 is 0 Å². The van der Waals surface area contributed by atoms with Gasteiger partial charge < -0.3 is 5.73 Å². The van der Waals surface area contributed by atoms with Crippen molar-refractivity contribution >= 4 is 15.7 Å². The summed E-state index contributed by atoms with van der Waals surface area (Å²) in [6, 6.07) is 7.38. The van der Waals surface area contributed by atoms with E-state index in [1.165, 1.54) is 4.31 Å². The molecule has 0 spiro atoms. The average Bonchev–Trinajstić information content (AvgIpc) is 2.35. The number of hydrogen-bond acceptors (Lipinski definition) is 3. The molecule has 0 radical (unpaired) electrons. The summed E-state index contributed by atoms with van der Waals surface area (Å²) < 4.78 is 25.7. The molecular weight excluding hydrogens is 248 g/mol. The molecule has 0 atom stereocenters. The molecule has 0 aliphatic heterocycles. The predicted octanol–water partition coefficient (Wildman–Crippen LogP) is 2.22. The summed E-state index contributed by atoms with van der Waals surface area (Å²) in [5.74, 6) is 0.212. The number of sulfonamides is 1. The maximum Gasteiger partial charge on any atom is 0.214 e. The number of hydrogen-bond donors (Lipinski definition) is 1. The van der Waals surface area contributed by atoms with E-state index in [4.69, 9.17) is 5.73 Å². The molecule has 0 aliphatic rings. The molecule has 18 heavy (non-hydrogen) atoms. The quantitative estimate of drug-likeness (QED) is 0.773. The Morgan fingerprint density at radius 2 is 1.89 bits per heavy atom. The minimum Gasteiger partial charge on any atom is -0.398 e. The van der Waals surface area contributed by atoms with Crippen LogP contribution in [-0.2, 0) is 16.6 Å². The zero-order valence-electron chi connectivity index (χ0n) is 11.1. The van der Waals surface area contributed by atoms with Crippen LogP contribution in [0, 0.1) is 0 Å². The standard InChI is InChI=1S/C13H22N2O2S/c1-3-5-10-18(16,17)15(4-2)11-12-8-6-7-9-13(12)14/h6-9H,3-5,10-11,14H2,1-2H3. The third kappa shape index (κ3) is 3.99. The van der Waals surface area contributed by atoms with Crippen LogP contribution in [0.1, 0.15) is 32.3 Å². The van der Waals surface area contributed by atoms with E-state index in [0.717, 1.165) is 12.0 Å². The highest BCUT2D eigenvalue weighted by Gasteiger charge is 2.20. The minimum absolute atomic E-state index is 0.212. The molecular formula is C13H22N2O2S. The number of benzene rings is 1. The highest BCUT2D eigenvalue weighted by molar-refractivity contribution is 7.89. The first-order chi connectivity index (χ1) is 8.51. The molecule has 0 aromatic heterocycles. The first kappa shape index (κ1) is 15.0. The number of nitrogens with two attached hydrogens (primary N) is 1. The second kappa shape index (κ2) is 6.75. The molecule has 0 fully saturated rings. The molecule has 0 saturated heterocycles. The van der Waals surface area contributed by atoms with E-state index in [0.29, 0.717) is 25.2 Å². The van der Waals surface area contributed by atoms with Crippen LogP contribution in [0.25, 0.3) is 0 Å². The fourth-order valence-corrected chi connectivity index (χ4v) is 3.37. The Morgan fingerprint density at radius 3 is 2.44 bits per heavy atom. The van der Waals surface area contributed by atoms with Crippen LogP contribution in [0.15, 0.2) is 24.3 Å². The molecule has 1 rings (SSSR count). The number of rotatable bonds is 7. The van der Waals surface area contributed by atoms with E-state index < -0.39 is 10.0 Å². The van der Waals surface area contributed by atoms with Gasteiger partial charge in [0.15, 0.2) is 0 Å². The molecule has 0 heterocycles. The normalized spacial score (nSPS) is 11.9. The summed E-state index contributed by atoms with van der Waals surface area (Å²) >= 11 is 0. The van der Waals surface area contributed by atoms with Crippen molar-refractivity contribution in [3.8, 4) is 0 Å². The van der Waals surface area contributed by atoms with Crippen molar-refractivity contribution in [1.82, 2.24) is 4.31 Å². The van der Waals surface area contributed by atoms with E-state index in [9.17, 15) is 8.42 Å². The van der Waals surface area contributed by atoms with Gasteiger partial charge in [-0.05, 0) is 18.1 Å². The molecule has 0 amide bonds. The third-order valence-corrected chi connectivity index (χ3v) is 4.88. The first-order valence-electron chi connectivity index (χ1n) is 6.32. The van der Waals surface area contributed by atoms with Crippen molar-refractivity contribution in [2.45, 2.75) is 33.2 Å².